The predicted octanol–water partition coefficient (Wildman–Crippen LogP) is -1.65. The van der Waals surface area contributed by atoms with Crippen LogP contribution in [0.4, 0.5) is 0 Å². The third-order valence-corrected chi connectivity index (χ3v) is 0.642. The molecule has 0 aliphatic carbocycles. The molecule has 0 aromatic carbocycles. The van der Waals surface area contributed by atoms with Gasteiger partial charge in [-0.25, -0.2) is 0 Å². The van der Waals surface area contributed by atoms with E-state index in [1.807, 2.05) is 0 Å². The summed E-state index contributed by atoms with van der Waals surface area (Å²) >= 11 is 0. The van der Waals surface area contributed by atoms with Gasteiger partial charge in [0.15, 0.2) is 0 Å². The zero-order valence-electron chi connectivity index (χ0n) is 6.78. The molecule has 0 spiro atoms. The topological polar surface area (TPSA) is 128 Å². The third-order valence-electron chi connectivity index (χ3n) is 0.642. The molecule has 0 saturated carbocycles. The van der Waals surface area contributed by atoms with Crippen LogP contribution in [0.15, 0.2) is 0 Å². The Morgan fingerprint density at radius 3 is 1.31 bits per heavy atom. The number of hydrogen-bond donors (Lipinski definition) is 0. The Morgan fingerprint density at radius 1 is 1.00 bits per heavy atom. The van der Waals surface area contributed by atoms with Gasteiger partial charge in [-0.05, 0) is 0 Å². The minimum absolute atomic E-state index is 0. The van der Waals surface area contributed by atoms with Gasteiger partial charge < -0.3 is 31.3 Å². The summed E-state index contributed by atoms with van der Waals surface area (Å²) in [5.41, 5.74) is 13.0. The fraction of sp³-hybridized carbons (Fsp3) is 0.667. The fourth-order valence-corrected chi connectivity index (χ4v) is 0.206. The number of rotatable bonds is 4. The van der Waals surface area contributed by atoms with Gasteiger partial charge in [0, 0.05) is 18.4 Å². The first kappa shape index (κ1) is 18.4. The van der Waals surface area contributed by atoms with E-state index in [1.165, 1.54) is 0 Å². The van der Waals surface area contributed by atoms with Gasteiger partial charge in [0.05, 0.1) is 0 Å². The first-order valence-corrected chi connectivity index (χ1v) is 3.23. The standard InChI is InChI=1S/C3H8N2.C3H4O4.Pt/c4-2-1-3-5;4-2(5)1-3(6)7;/h4-5H,1-3H2;1H2,(H,4,5)(H,6,7);/q-2;;+4/p-2. The van der Waals surface area contributed by atoms with E-state index in [4.69, 9.17) is 11.5 Å². The van der Waals surface area contributed by atoms with Gasteiger partial charge in [-0.1, -0.05) is 6.42 Å². The van der Waals surface area contributed by atoms with Crippen LogP contribution in [0, 0.1) is 0 Å². The minimum atomic E-state index is -1.63. The second-order valence-corrected chi connectivity index (χ2v) is 1.77. The maximum Gasteiger partial charge on any atom is 4.00 e. The van der Waals surface area contributed by atoms with Crippen LogP contribution in [0.1, 0.15) is 12.8 Å². The Bertz CT molecular complexity index is 129. The van der Waals surface area contributed by atoms with Crippen molar-refractivity contribution in [2.75, 3.05) is 13.1 Å². The van der Waals surface area contributed by atoms with Crippen LogP contribution in [0.5, 0.6) is 0 Å². The van der Waals surface area contributed by atoms with Crippen molar-refractivity contribution in [3.63, 3.8) is 0 Å². The number of carbonyl (C=O) groups is 2. The van der Waals surface area contributed by atoms with Crippen molar-refractivity contribution < 1.29 is 40.9 Å². The van der Waals surface area contributed by atoms with Crippen molar-refractivity contribution in [1.29, 1.82) is 0 Å². The van der Waals surface area contributed by atoms with Crippen LogP contribution in [-0.4, -0.2) is 25.0 Å². The van der Waals surface area contributed by atoms with Gasteiger partial charge in [-0.15, -0.1) is 0 Å². The molecule has 0 radical (unpaired) electrons. The van der Waals surface area contributed by atoms with Gasteiger partial charge in [-0.3, -0.25) is 0 Å². The molecule has 0 saturated heterocycles. The van der Waals surface area contributed by atoms with E-state index in [2.05, 4.69) is 0 Å². The van der Waals surface area contributed by atoms with E-state index in [-0.39, 0.29) is 21.1 Å². The molecule has 7 heteroatoms. The number of carboxylic acids is 2. The van der Waals surface area contributed by atoms with Crippen molar-refractivity contribution in [3.8, 4) is 0 Å². The Kier molecular flexibility index (Phi) is 19.9. The van der Waals surface area contributed by atoms with E-state index >= 15 is 0 Å². The number of carbonyl (C=O) groups excluding carboxylic acids is 2. The van der Waals surface area contributed by atoms with Crippen molar-refractivity contribution in [3.05, 3.63) is 11.5 Å². The zero-order chi connectivity index (χ0) is 9.98. The Labute approximate surface area is 90.5 Å². The maximum absolute atomic E-state index is 9.28. The molecule has 2 N–H and O–H groups in total. The van der Waals surface area contributed by atoms with Crippen LogP contribution in [-0.2, 0) is 30.7 Å². The van der Waals surface area contributed by atoms with Crippen LogP contribution < -0.4 is 10.2 Å². The fourth-order valence-electron chi connectivity index (χ4n) is 0.206. The van der Waals surface area contributed by atoms with Gasteiger partial charge in [0.2, 0.25) is 0 Å². The molecule has 0 atom stereocenters. The second-order valence-electron chi connectivity index (χ2n) is 1.77. The molecule has 0 unspecified atom stereocenters. The Hall–Kier alpha value is -0.452. The maximum atomic E-state index is 9.28. The number of aliphatic carboxylic acids is 2. The van der Waals surface area contributed by atoms with Crippen LogP contribution in [0.25, 0.3) is 11.5 Å². The second kappa shape index (κ2) is 14.1. The molecular weight excluding hydrogens is 359 g/mol. The van der Waals surface area contributed by atoms with Crippen molar-refractivity contribution in [1.82, 2.24) is 0 Å². The van der Waals surface area contributed by atoms with Crippen molar-refractivity contribution in [2.24, 2.45) is 0 Å². The molecule has 0 aliphatic heterocycles. The molecule has 0 heterocycles. The number of nitrogens with one attached hydrogen (secondary N) is 2. The normalized spacial score (nSPS) is 7.54. The summed E-state index contributed by atoms with van der Waals surface area (Å²) in [4.78, 5) is 18.6. The van der Waals surface area contributed by atoms with E-state index in [1.54, 1.807) is 0 Å². The van der Waals surface area contributed by atoms with Crippen molar-refractivity contribution in [2.45, 2.75) is 12.8 Å². The summed E-state index contributed by atoms with van der Waals surface area (Å²) in [6.07, 6.45) is -0.306. The molecule has 6 nitrogen and oxygen atoms in total. The van der Waals surface area contributed by atoms with Gasteiger partial charge in [0.1, 0.15) is 0 Å². The monoisotopic (exact) mass is 369 g/mol. The third kappa shape index (κ3) is 34.2. The van der Waals surface area contributed by atoms with Crippen LogP contribution >= 0.6 is 0 Å². The first-order valence-electron chi connectivity index (χ1n) is 3.23. The quantitative estimate of drug-likeness (QED) is 0.550. The van der Waals surface area contributed by atoms with Crippen LogP contribution in [0.2, 0.25) is 0 Å². The SMILES string of the molecule is O=C([O-])CC(=O)[O-].[NH-]CCC[NH-].[Pt+4]. The smallest absolute Gasteiger partial charge is 0.677 e. The predicted molar refractivity (Wildman–Crippen MR) is 37.6 cm³/mol. The van der Waals surface area contributed by atoms with Gasteiger partial charge in [-0.2, -0.15) is 13.1 Å². The Morgan fingerprint density at radius 2 is 1.31 bits per heavy atom. The average Bonchev–Trinajstić information content (AvgIpc) is 1.87. The van der Waals surface area contributed by atoms with E-state index in [0.29, 0.717) is 13.1 Å². The molecular formula is C6H10N2O4Pt. The Balaban J connectivity index is -0.000000150. The summed E-state index contributed by atoms with van der Waals surface area (Å²) in [6.45, 7) is 0.812. The molecule has 0 aromatic heterocycles. The summed E-state index contributed by atoms with van der Waals surface area (Å²) in [5, 5.41) is 18.6. The number of carboxylic acid groups (broad SMARTS) is 2. The molecule has 13 heavy (non-hydrogen) atoms. The summed E-state index contributed by atoms with van der Waals surface area (Å²) < 4.78 is 0. The molecule has 0 bridgehead atoms. The first-order chi connectivity index (χ1) is 5.54. The van der Waals surface area contributed by atoms with E-state index in [0.717, 1.165) is 6.42 Å². The summed E-state index contributed by atoms with van der Waals surface area (Å²) in [7, 11) is 0. The number of hydrogen-bond acceptors (Lipinski definition) is 4. The summed E-state index contributed by atoms with van der Waals surface area (Å²) in [6, 6.07) is 0. The average molecular weight is 369 g/mol. The van der Waals surface area contributed by atoms with Crippen LogP contribution in [0.3, 0.4) is 0 Å². The molecule has 0 rings (SSSR count). The molecule has 78 valence electrons. The molecule has 0 fully saturated rings. The van der Waals surface area contributed by atoms with Gasteiger partial charge >= 0.3 is 21.1 Å². The van der Waals surface area contributed by atoms with E-state index < -0.39 is 18.4 Å². The summed E-state index contributed by atoms with van der Waals surface area (Å²) in [5.74, 6) is -3.25. The molecule has 0 aliphatic rings. The van der Waals surface area contributed by atoms with Gasteiger partial charge in [0.25, 0.3) is 0 Å². The van der Waals surface area contributed by atoms with Crippen molar-refractivity contribution >= 4 is 11.9 Å². The molecule has 0 aromatic rings. The van der Waals surface area contributed by atoms with E-state index in [9.17, 15) is 19.8 Å². The zero-order valence-corrected chi connectivity index (χ0v) is 9.05. The minimum Gasteiger partial charge on any atom is -0.677 e. The largest absolute Gasteiger partial charge is 4.00 e. The molecule has 0 amide bonds.